The number of hydrogen-bond donors (Lipinski definition) is 1. The van der Waals surface area contributed by atoms with E-state index in [0.29, 0.717) is 16.5 Å². The third kappa shape index (κ3) is 4.53. The fraction of sp³-hybridized carbons (Fsp3) is 0.167. The van der Waals surface area contributed by atoms with Crippen LogP contribution in [0.3, 0.4) is 0 Å². The molecule has 0 saturated carbocycles. The van der Waals surface area contributed by atoms with Crippen molar-refractivity contribution in [3.63, 3.8) is 0 Å². The third-order valence-electron chi connectivity index (χ3n) is 3.69. The van der Waals surface area contributed by atoms with Crippen molar-refractivity contribution >= 4 is 23.2 Å². The van der Waals surface area contributed by atoms with Gasteiger partial charge in [-0.25, -0.2) is 9.48 Å². The van der Waals surface area contributed by atoms with E-state index in [0.717, 1.165) is 15.8 Å². The summed E-state index contributed by atoms with van der Waals surface area (Å²) in [7, 11) is 0. The molecule has 0 fully saturated rings. The van der Waals surface area contributed by atoms with Crippen LogP contribution in [-0.4, -0.2) is 14.8 Å². The van der Waals surface area contributed by atoms with Crippen LogP contribution in [0.4, 0.5) is 0 Å². The lowest BCUT2D eigenvalue weighted by atomic mass is 10.1. The van der Waals surface area contributed by atoms with Gasteiger partial charge in [-0.2, -0.15) is 0 Å². The molecule has 3 rings (SSSR count). The molecule has 134 valence electrons. The Balaban J connectivity index is 1.75. The van der Waals surface area contributed by atoms with Crippen molar-refractivity contribution in [1.29, 1.82) is 0 Å². The summed E-state index contributed by atoms with van der Waals surface area (Å²) in [5, 5.41) is 5.06. The minimum absolute atomic E-state index is 0.157. The van der Waals surface area contributed by atoms with Crippen LogP contribution in [0.2, 0.25) is 10.0 Å². The molecule has 0 aliphatic rings. The van der Waals surface area contributed by atoms with Gasteiger partial charge in [0.15, 0.2) is 0 Å². The molecular formula is C18H15Cl2N3O3. The number of halogens is 2. The van der Waals surface area contributed by atoms with Crippen LogP contribution in [0.15, 0.2) is 58.1 Å². The number of nitrogens with zero attached hydrogens (tertiary/aromatic N) is 2. The second-order valence-corrected chi connectivity index (χ2v) is 6.39. The largest absolute Gasteiger partial charge is 0.468 e. The summed E-state index contributed by atoms with van der Waals surface area (Å²) >= 11 is 12.0. The van der Waals surface area contributed by atoms with Crippen LogP contribution in [0, 0.1) is 0 Å². The predicted molar refractivity (Wildman–Crippen MR) is 100 cm³/mol. The highest BCUT2D eigenvalue weighted by molar-refractivity contribution is 6.35. The summed E-state index contributed by atoms with van der Waals surface area (Å²) in [5.74, 6) is -0.157. The molecule has 0 unspecified atom stereocenters. The van der Waals surface area contributed by atoms with Crippen LogP contribution in [0.25, 0.3) is 0 Å². The first-order valence-corrected chi connectivity index (χ1v) is 8.60. The van der Waals surface area contributed by atoms with Crippen molar-refractivity contribution < 1.29 is 4.74 Å². The van der Waals surface area contributed by atoms with E-state index in [-0.39, 0.29) is 19.0 Å². The molecule has 3 aromatic rings. The maximum atomic E-state index is 12.0. The summed E-state index contributed by atoms with van der Waals surface area (Å²) in [6.07, 6.45) is 0.451. The summed E-state index contributed by atoms with van der Waals surface area (Å²) in [5.41, 5.74) is 0.445. The lowest BCUT2D eigenvalue weighted by molar-refractivity contribution is 0.275. The lowest BCUT2D eigenvalue weighted by Crippen LogP contribution is -2.33. The number of nitrogens with one attached hydrogen (secondary N) is 1. The Morgan fingerprint density at radius 3 is 2.58 bits per heavy atom. The van der Waals surface area contributed by atoms with Crippen molar-refractivity contribution in [2.24, 2.45) is 0 Å². The number of aromatic amines is 1. The Bertz CT molecular complexity index is 1020. The van der Waals surface area contributed by atoms with Gasteiger partial charge in [0.05, 0.1) is 6.54 Å². The Labute approximate surface area is 159 Å². The van der Waals surface area contributed by atoms with Crippen LogP contribution in [0.1, 0.15) is 11.1 Å². The van der Waals surface area contributed by atoms with Gasteiger partial charge in [0.2, 0.25) is 0 Å². The van der Waals surface area contributed by atoms with Gasteiger partial charge < -0.3 is 4.74 Å². The topological polar surface area (TPSA) is 77.0 Å². The Hall–Kier alpha value is -2.57. The van der Waals surface area contributed by atoms with Gasteiger partial charge in [-0.05, 0) is 29.7 Å². The minimum atomic E-state index is -0.660. The predicted octanol–water partition coefficient (Wildman–Crippen LogP) is 3.06. The molecule has 6 nitrogen and oxygen atoms in total. The van der Waals surface area contributed by atoms with Gasteiger partial charge in [0.25, 0.3) is 5.88 Å². The van der Waals surface area contributed by atoms with Gasteiger partial charge in [0, 0.05) is 10.0 Å². The summed E-state index contributed by atoms with van der Waals surface area (Å²) < 4.78 is 6.60. The molecule has 0 aliphatic heterocycles. The maximum absolute atomic E-state index is 12.0. The molecule has 0 bridgehead atoms. The fourth-order valence-electron chi connectivity index (χ4n) is 2.34. The zero-order valence-electron chi connectivity index (χ0n) is 13.6. The molecule has 0 radical (unpaired) electrons. The number of rotatable bonds is 6. The quantitative estimate of drug-likeness (QED) is 0.700. The first-order chi connectivity index (χ1) is 12.5. The van der Waals surface area contributed by atoms with Crippen LogP contribution in [-0.2, 0) is 19.6 Å². The van der Waals surface area contributed by atoms with Gasteiger partial charge in [-0.15, -0.1) is 5.10 Å². The zero-order valence-corrected chi connectivity index (χ0v) is 15.1. The van der Waals surface area contributed by atoms with Crippen molar-refractivity contribution in [2.45, 2.75) is 19.6 Å². The lowest BCUT2D eigenvalue weighted by Gasteiger charge is -2.09. The molecule has 1 N–H and O–H groups in total. The Kier molecular flexibility index (Phi) is 5.75. The molecule has 0 amide bonds. The van der Waals surface area contributed by atoms with E-state index in [2.05, 4.69) is 10.1 Å². The van der Waals surface area contributed by atoms with E-state index in [1.807, 2.05) is 30.3 Å². The molecule has 0 saturated heterocycles. The van der Waals surface area contributed by atoms with Gasteiger partial charge >= 0.3 is 11.2 Å². The van der Waals surface area contributed by atoms with Gasteiger partial charge in [-0.1, -0.05) is 59.6 Å². The van der Waals surface area contributed by atoms with Gasteiger partial charge in [0.1, 0.15) is 6.61 Å². The molecule has 0 spiro atoms. The van der Waals surface area contributed by atoms with Crippen LogP contribution >= 0.6 is 23.2 Å². The van der Waals surface area contributed by atoms with Gasteiger partial charge in [-0.3, -0.25) is 9.78 Å². The van der Waals surface area contributed by atoms with Crippen LogP contribution in [0.5, 0.6) is 5.88 Å². The zero-order chi connectivity index (χ0) is 18.5. The number of aryl methyl sites for hydroxylation is 2. The summed E-state index contributed by atoms with van der Waals surface area (Å²) in [4.78, 5) is 26.1. The van der Waals surface area contributed by atoms with E-state index >= 15 is 0 Å². The highest BCUT2D eigenvalue weighted by Gasteiger charge is 2.09. The highest BCUT2D eigenvalue weighted by atomic mass is 35.5. The monoisotopic (exact) mass is 391 g/mol. The number of aromatic nitrogens is 3. The molecule has 1 heterocycles. The average molecular weight is 392 g/mol. The van der Waals surface area contributed by atoms with Crippen molar-refractivity contribution in [2.75, 3.05) is 0 Å². The Morgan fingerprint density at radius 1 is 1.08 bits per heavy atom. The normalized spacial score (nSPS) is 10.7. The summed E-state index contributed by atoms with van der Waals surface area (Å²) in [6, 6.07) is 14.5. The maximum Gasteiger partial charge on any atom is 0.344 e. The molecule has 26 heavy (non-hydrogen) atoms. The standard InChI is InChI=1S/C18H15Cl2N3O3/c19-14-7-6-13(15(20)10-14)8-9-23-18(25)21-16(24)17(22-23)26-11-12-4-2-1-3-5-12/h1-7,10H,8-9,11H2,(H,21,24,25). The van der Waals surface area contributed by atoms with Crippen molar-refractivity contribution in [3.8, 4) is 5.88 Å². The molecule has 1 aromatic heterocycles. The number of hydrogen-bond acceptors (Lipinski definition) is 4. The molecule has 8 heteroatoms. The molecule has 2 aromatic carbocycles. The van der Waals surface area contributed by atoms with Crippen molar-refractivity contribution in [3.05, 3.63) is 90.5 Å². The fourth-order valence-corrected chi connectivity index (χ4v) is 2.84. The first-order valence-electron chi connectivity index (χ1n) is 7.85. The second kappa shape index (κ2) is 8.21. The summed E-state index contributed by atoms with van der Waals surface area (Å²) in [6.45, 7) is 0.413. The Morgan fingerprint density at radius 2 is 1.85 bits per heavy atom. The highest BCUT2D eigenvalue weighted by Crippen LogP contribution is 2.21. The first kappa shape index (κ1) is 18.2. The molecule has 0 aliphatic carbocycles. The van der Waals surface area contributed by atoms with E-state index < -0.39 is 11.2 Å². The van der Waals surface area contributed by atoms with Crippen LogP contribution < -0.4 is 16.0 Å². The third-order valence-corrected chi connectivity index (χ3v) is 4.27. The smallest absolute Gasteiger partial charge is 0.344 e. The number of benzene rings is 2. The second-order valence-electron chi connectivity index (χ2n) is 5.55. The molecular weight excluding hydrogens is 377 g/mol. The number of ether oxygens (including phenoxy) is 1. The van der Waals surface area contributed by atoms with E-state index in [1.165, 1.54) is 0 Å². The molecule has 0 atom stereocenters. The SMILES string of the molecule is O=c1[nH]c(=O)n(CCc2ccc(Cl)cc2Cl)nc1OCc1ccccc1. The number of H-pyrrole nitrogens is 1. The van der Waals surface area contributed by atoms with E-state index in [9.17, 15) is 9.59 Å². The van der Waals surface area contributed by atoms with Crippen molar-refractivity contribution in [1.82, 2.24) is 14.8 Å². The average Bonchev–Trinajstić information content (AvgIpc) is 2.62. The van der Waals surface area contributed by atoms with E-state index in [4.69, 9.17) is 27.9 Å². The minimum Gasteiger partial charge on any atom is -0.468 e. The van der Waals surface area contributed by atoms with E-state index in [1.54, 1.807) is 18.2 Å².